The van der Waals surface area contributed by atoms with Crippen LogP contribution in [0.5, 0.6) is 0 Å². The molecule has 0 saturated heterocycles. The van der Waals surface area contributed by atoms with E-state index in [9.17, 15) is 14.4 Å². The van der Waals surface area contributed by atoms with Crippen molar-refractivity contribution in [3.05, 3.63) is 59.0 Å². The topological polar surface area (TPSA) is 88.8 Å². The van der Waals surface area contributed by atoms with Gasteiger partial charge in [0.15, 0.2) is 0 Å². The molecule has 3 amide bonds. The number of imide groups is 1. The smallest absolute Gasteiger partial charge is 0.274 e. The monoisotopic (exact) mass is 314 g/mol. The zero-order valence-corrected chi connectivity index (χ0v) is 12.4. The molecule has 0 aliphatic carbocycles. The largest absolute Gasteiger partial charge is 0.467 e. The van der Waals surface area contributed by atoms with Crippen molar-refractivity contribution in [3.8, 4) is 0 Å². The lowest BCUT2D eigenvalue weighted by Gasteiger charge is -2.11. The number of benzene rings is 1. The van der Waals surface area contributed by atoms with E-state index in [4.69, 9.17) is 9.25 Å². The minimum atomic E-state index is -0.473. The highest BCUT2D eigenvalue weighted by atomic mass is 16.6. The molecular formula is C16H14N2O5. The quantitative estimate of drug-likeness (QED) is 0.671. The van der Waals surface area contributed by atoms with Gasteiger partial charge in [-0.25, -0.2) is 5.48 Å². The first-order chi connectivity index (χ1) is 11.1. The van der Waals surface area contributed by atoms with Crippen LogP contribution in [0.25, 0.3) is 0 Å². The summed E-state index contributed by atoms with van der Waals surface area (Å²) in [7, 11) is 0. The van der Waals surface area contributed by atoms with Crippen molar-refractivity contribution >= 4 is 17.7 Å². The maximum Gasteiger partial charge on any atom is 0.274 e. The van der Waals surface area contributed by atoms with Crippen LogP contribution in [-0.2, 0) is 11.4 Å². The van der Waals surface area contributed by atoms with Gasteiger partial charge in [-0.3, -0.25) is 24.1 Å². The minimum Gasteiger partial charge on any atom is -0.467 e. The number of rotatable bonds is 5. The normalized spacial score (nSPS) is 13.3. The third-order valence-electron chi connectivity index (χ3n) is 3.44. The number of hydrogen-bond acceptors (Lipinski definition) is 5. The van der Waals surface area contributed by atoms with Gasteiger partial charge in [-0.15, -0.1) is 0 Å². The fourth-order valence-corrected chi connectivity index (χ4v) is 2.33. The second-order valence-electron chi connectivity index (χ2n) is 4.90. The molecule has 1 N–H and O–H groups in total. The van der Waals surface area contributed by atoms with Crippen LogP contribution >= 0.6 is 0 Å². The zero-order valence-electron chi connectivity index (χ0n) is 12.4. The highest BCUT2D eigenvalue weighted by Gasteiger charge is 2.36. The Labute approximate surface area is 131 Å². The van der Waals surface area contributed by atoms with Gasteiger partial charge < -0.3 is 4.42 Å². The van der Waals surface area contributed by atoms with Gasteiger partial charge in [0, 0.05) is 5.56 Å². The van der Waals surface area contributed by atoms with Crippen LogP contribution in [0.2, 0.25) is 0 Å². The summed E-state index contributed by atoms with van der Waals surface area (Å²) < 4.78 is 5.17. The van der Waals surface area contributed by atoms with Gasteiger partial charge in [0.25, 0.3) is 17.7 Å². The standard InChI is InChI=1S/C16H14N2O5/c1-2-23-17-14(19)10-5-6-12-13(8-10)16(21)18(15(12)20)9-11-4-3-7-22-11/h3-8H,2,9H2,1H3,(H,17,19). The molecule has 118 valence electrons. The van der Waals surface area contributed by atoms with E-state index >= 15 is 0 Å². The van der Waals surface area contributed by atoms with Crippen molar-refractivity contribution in [2.24, 2.45) is 0 Å². The molecule has 0 spiro atoms. The Morgan fingerprint density at radius 1 is 1.22 bits per heavy atom. The Morgan fingerprint density at radius 3 is 2.70 bits per heavy atom. The lowest BCUT2D eigenvalue weighted by molar-refractivity contribution is 0.0364. The first-order valence-corrected chi connectivity index (χ1v) is 7.06. The molecule has 0 fully saturated rings. The molecule has 2 aromatic rings. The van der Waals surface area contributed by atoms with Crippen LogP contribution in [0, 0.1) is 0 Å². The molecule has 0 radical (unpaired) electrons. The molecule has 7 heteroatoms. The molecule has 1 aliphatic rings. The molecule has 3 rings (SSSR count). The summed E-state index contributed by atoms with van der Waals surface area (Å²) in [6.45, 7) is 2.11. The second kappa shape index (κ2) is 6.05. The third-order valence-corrected chi connectivity index (χ3v) is 3.44. The number of nitrogens with zero attached hydrogens (tertiary/aromatic N) is 1. The number of amides is 3. The van der Waals surface area contributed by atoms with Crippen LogP contribution in [0.1, 0.15) is 43.8 Å². The van der Waals surface area contributed by atoms with Crippen LogP contribution in [0.3, 0.4) is 0 Å². The van der Waals surface area contributed by atoms with Gasteiger partial charge in [0.05, 0.1) is 30.5 Å². The molecule has 23 heavy (non-hydrogen) atoms. The van der Waals surface area contributed by atoms with E-state index in [0.717, 1.165) is 4.90 Å². The average Bonchev–Trinajstić information content (AvgIpc) is 3.15. The predicted molar refractivity (Wildman–Crippen MR) is 78.4 cm³/mol. The number of fused-ring (bicyclic) bond motifs is 1. The molecule has 1 aromatic carbocycles. The zero-order chi connectivity index (χ0) is 16.4. The minimum absolute atomic E-state index is 0.0554. The molecule has 1 aliphatic heterocycles. The van der Waals surface area contributed by atoms with Crippen molar-refractivity contribution < 1.29 is 23.6 Å². The predicted octanol–water partition coefficient (Wildman–Crippen LogP) is 1.76. The van der Waals surface area contributed by atoms with Crippen LogP contribution in [0.4, 0.5) is 0 Å². The summed E-state index contributed by atoms with van der Waals surface area (Å²) in [5.41, 5.74) is 2.97. The Balaban J connectivity index is 1.85. The van der Waals surface area contributed by atoms with Crippen molar-refractivity contribution in [1.29, 1.82) is 0 Å². The molecular weight excluding hydrogens is 300 g/mol. The van der Waals surface area contributed by atoms with Crippen LogP contribution < -0.4 is 5.48 Å². The van der Waals surface area contributed by atoms with E-state index in [-0.39, 0.29) is 23.2 Å². The van der Waals surface area contributed by atoms with Crippen molar-refractivity contribution in [2.45, 2.75) is 13.5 Å². The fourth-order valence-electron chi connectivity index (χ4n) is 2.33. The summed E-state index contributed by atoms with van der Waals surface area (Å²) >= 11 is 0. The lowest BCUT2D eigenvalue weighted by Crippen LogP contribution is -2.28. The van der Waals surface area contributed by atoms with Crippen LogP contribution in [-0.4, -0.2) is 29.2 Å². The maximum absolute atomic E-state index is 12.4. The molecule has 2 heterocycles. The van der Waals surface area contributed by atoms with Gasteiger partial charge in [-0.2, -0.15) is 0 Å². The van der Waals surface area contributed by atoms with E-state index < -0.39 is 17.7 Å². The van der Waals surface area contributed by atoms with Gasteiger partial charge in [0.2, 0.25) is 0 Å². The van der Waals surface area contributed by atoms with Gasteiger partial charge in [-0.1, -0.05) is 0 Å². The Kier molecular flexibility index (Phi) is 3.94. The van der Waals surface area contributed by atoms with Gasteiger partial charge in [-0.05, 0) is 37.3 Å². The summed E-state index contributed by atoms with van der Waals surface area (Å²) in [4.78, 5) is 42.5. The van der Waals surface area contributed by atoms with Gasteiger partial charge in [0.1, 0.15) is 5.76 Å². The Hall–Kier alpha value is -2.93. The fraction of sp³-hybridized carbons (Fsp3) is 0.188. The van der Waals surface area contributed by atoms with E-state index in [0.29, 0.717) is 12.4 Å². The molecule has 0 unspecified atom stereocenters. The number of carbonyl (C=O) groups excluding carboxylic acids is 3. The highest BCUT2D eigenvalue weighted by molar-refractivity contribution is 6.21. The van der Waals surface area contributed by atoms with Crippen molar-refractivity contribution in [2.75, 3.05) is 6.61 Å². The summed E-state index contributed by atoms with van der Waals surface area (Å²) in [6.07, 6.45) is 1.48. The number of hydrogen-bond donors (Lipinski definition) is 1. The van der Waals surface area contributed by atoms with Crippen molar-refractivity contribution in [3.63, 3.8) is 0 Å². The first kappa shape index (κ1) is 15.0. The van der Waals surface area contributed by atoms with Crippen molar-refractivity contribution in [1.82, 2.24) is 10.4 Å². The average molecular weight is 314 g/mol. The number of carbonyl (C=O) groups is 3. The van der Waals surface area contributed by atoms with E-state index in [1.807, 2.05) is 0 Å². The highest BCUT2D eigenvalue weighted by Crippen LogP contribution is 2.25. The Morgan fingerprint density at radius 2 is 2.00 bits per heavy atom. The number of furan rings is 1. The molecule has 1 aromatic heterocycles. The SMILES string of the molecule is CCONC(=O)c1ccc2c(c1)C(=O)N(Cc1ccco1)C2=O. The third kappa shape index (κ3) is 2.74. The van der Waals surface area contributed by atoms with E-state index in [1.165, 1.54) is 24.5 Å². The number of hydroxylamine groups is 1. The second-order valence-corrected chi connectivity index (χ2v) is 4.90. The summed E-state index contributed by atoms with van der Waals surface area (Å²) in [6, 6.07) is 7.72. The molecule has 0 saturated carbocycles. The molecule has 0 atom stereocenters. The Bertz CT molecular complexity index is 767. The first-order valence-electron chi connectivity index (χ1n) is 7.06. The molecule has 7 nitrogen and oxygen atoms in total. The van der Waals surface area contributed by atoms with E-state index in [1.54, 1.807) is 19.1 Å². The van der Waals surface area contributed by atoms with E-state index in [2.05, 4.69) is 5.48 Å². The maximum atomic E-state index is 12.4. The summed E-state index contributed by atoms with van der Waals surface area (Å²) in [5, 5.41) is 0. The number of nitrogens with one attached hydrogen (secondary N) is 1. The lowest BCUT2D eigenvalue weighted by atomic mass is 10.1. The van der Waals surface area contributed by atoms with Gasteiger partial charge >= 0.3 is 0 Å². The van der Waals surface area contributed by atoms with Crippen LogP contribution in [0.15, 0.2) is 41.0 Å². The summed E-state index contributed by atoms with van der Waals surface area (Å²) in [5.74, 6) is -0.821. The molecule has 0 bridgehead atoms.